The fourth-order valence-corrected chi connectivity index (χ4v) is 4.23. The summed E-state index contributed by atoms with van der Waals surface area (Å²) in [7, 11) is 0. The molecule has 0 saturated heterocycles. The van der Waals surface area contributed by atoms with Crippen LogP contribution >= 0.6 is 11.8 Å². The average molecular weight is 500 g/mol. The number of ether oxygens (including phenoxy) is 1. The minimum absolute atomic E-state index is 0.000769. The Labute approximate surface area is 202 Å². The number of para-hydroxylation sites is 1. The van der Waals surface area contributed by atoms with Gasteiger partial charge < -0.3 is 10.1 Å². The summed E-state index contributed by atoms with van der Waals surface area (Å²) < 4.78 is 43.7. The van der Waals surface area contributed by atoms with Crippen molar-refractivity contribution in [1.82, 2.24) is 14.9 Å². The van der Waals surface area contributed by atoms with Gasteiger partial charge in [-0.1, -0.05) is 36.0 Å². The maximum atomic E-state index is 13.2. The number of rotatable bonds is 9. The number of nitrogens with zero attached hydrogens (tertiary/aromatic N) is 2. The number of carbonyl (C=O) groups is 1. The molecule has 6 nitrogen and oxygen atoms in total. The van der Waals surface area contributed by atoms with Crippen molar-refractivity contribution in [2.45, 2.75) is 18.2 Å². The normalized spacial score (nSPS) is 11.1. The van der Waals surface area contributed by atoms with E-state index in [2.05, 4.69) is 15.0 Å². The van der Waals surface area contributed by atoms with Gasteiger partial charge in [0.2, 0.25) is 5.91 Å². The minimum Gasteiger partial charge on any atom is -0.435 e. The number of alkyl halides is 2. The Morgan fingerprint density at radius 2 is 1.74 bits per heavy atom. The molecule has 0 aliphatic rings. The molecular formula is C25H20F3N3O3S. The van der Waals surface area contributed by atoms with Crippen LogP contribution in [-0.2, 0) is 11.2 Å². The molecule has 4 rings (SSSR count). The van der Waals surface area contributed by atoms with Gasteiger partial charge >= 0.3 is 6.61 Å². The van der Waals surface area contributed by atoms with Crippen molar-refractivity contribution in [3.8, 4) is 11.4 Å². The van der Waals surface area contributed by atoms with Crippen LogP contribution in [-0.4, -0.2) is 34.4 Å². The van der Waals surface area contributed by atoms with Gasteiger partial charge in [-0.05, 0) is 60.5 Å². The Bertz CT molecular complexity index is 1380. The Balaban J connectivity index is 1.51. The number of thioether (sulfide) groups is 1. The van der Waals surface area contributed by atoms with Gasteiger partial charge in [-0.25, -0.2) is 9.37 Å². The second-order valence-corrected chi connectivity index (χ2v) is 8.38. The summed E-state index contributed by atoms with van der Waals surface area (Å²) in [5.74, 6) is -0.618. The van der Waals surface area contributed by atoms with E-state index in [4.69, 9.17) is 0 Å². The predicted molar refractivity (Wildman–Crippen MR) is 128 cm³/mol. The van der Waals surface area contributed by atoms with Crippen molar-refractivity contribution < 1.29 is 22.7 Å². The first-order valence-corrected chi connectivity index (χ1v) is 11.6. The van der Waals surface area contributed by atoms with E-state index in [0.717, 1.165) is 17.3 Å². The molecule has 0 bridgehead atoms. The molecule has 0 unspecified atom stereocenters. The van der Waals surface area contributed by atoms with Gasteiger partial charge in [0.05, 0.1) is 22.3 Å². The van der Waals surface area contributed by atoms with Gasteiger partial charge in [-0.2, -0.15) is 8.78 Å². The van der Waals surface area contributed by atoms with Crippen molar-refractivity contribution in [2.75, 3.05) is 12.3 Å². The predicted octanol–water partition coefficient (Wildman–Crippen LogP) is 4.58. The average Bonchev–Trinajstić information content (AvgIpc) is 2.84. The van der Waals surface area contributed by atoms with Crippen LogP contribution in [0.2, 0.25) is 0 Å². The van der Waals surface area contributed by atoms with E-state index < -0.39 is 6.61 Å². The molecule has 0 aliphatic heterocycles. The van der Waals surface area contributed by atoms with Crippen LogP contribution < -0.4 is 15.6 Å². The smallest absolute Gasteiger partial charge is 0.387 e. The summed E-state index contributed by atoms with van der Waals surface area (Å²) in [6, 6.07) is 18.5. The molecule has 1 N–H and O–H groups in total. The molecule has 10 heteroatoms. The highest BCUT2D eigenvalue weighted by molar-refractivity contribution is 7.99. The topological polar surface area (TPSA) is 73.2 Å². The lowest BCUT2D eigenvalue weighted by molar-refractivity contribution is -0.118. The second-order valence-electron chi connectivity index (χ2n) is 7.44. The minimum atomic E-state index is -2.96. The summed E-state index contributed by atoms with van der Waals surface area (Å²) >= 11 is 1.08. The Kier molecular flexibility index (Phi) is 7.71. The lowest BCUT2D eigenvalue weighted by atomic mass is 10.1. The molecule has 0 fully saturated rings. The molecule has 0 spiro atoms. The number of hydrogen-bond donors (Lipinski definition) is 1. The molecule has 0 aliphatic carbocycles. The fourth-order valence-electron chi connectivity index (χ4n) is 3.39. The molecule has 3 aromatic carbocycles. The first-order chi connectivity index (χ1) is 16.9. The third-order valence-electron chi connectivity index (χ3n) is 5.05. The third kappa shape index (κ3) is 6.21. The number of aromatic nitrogens is 2. The number of benzene rings is 3. The standard InChI is InChI=1S/C25H20F3N3O3S/c26-17-7-5-16(6-8-17)13-14-29-22(32)15-35-25-30-21-4-2-1-3-20(21)23(33)31(25)18-9-11-19(12-10-18)34-24(27)28/h1-12,24H,13-15H2,(H,29,32). The maximum Gasteiger partial charge on any atom is 0.387 e. The number of fused-ring (bicyclic) bond motifs is 1. The molecule has 1 amide bonds. The van der Waals surface area contributed by atoms with E-state index >= 15 is 0 Å². The molecule has 0 radical (unpaired) electrons. The van der Waals surface area contributed by atoms with E-state index in [9.17, 15) is 22.8 Å². The van der Waals surface area contributed by atoms with Gasteiger partial charge in [-0.3, -0.25) is 14.2 Å². The summed E-state index contributed by atoms with van der Waals surface area (Å²) in [4.78, 5) is 30.2. The van der Waals surface area contributed by atoms with Crippen LogP contribution in [0.15, 0.2) is 82.7 Å². The van der Waals surface area contributed by atoms with Crippen molar-refractivity contribution in [1.29, 1.82) is 0 Å². The number of halogens is 3. The van der Waals surface area contributed by atoms with E-state index in [1.54, 1.807) is 36.4 Å². The molecule has 0 atom stereocenters. The summed E-state index contributed by atoms with van der Waals surface area (Å²) in [5.41, 5.74) is 1.42. The highest BCUT2D eigenvalue weighted by Gasteiger charge is 2.15. The maximum absolute atomic E-state index is 13.2. The van der Waals surface area contributed by atoms with Crippen LogP contribution in [0.4, 0.5) is 13.2 Å². The number of carbonyl (C=O) groups excluding carboxylic acids is 1. The highest BCUT2D eigenvalue weighted by Crippen LogP contribution is 2.23. The zero-order valence-corrected chi connectivity index (χ0v) is 19.1. The van der Waals surface area contributed by atoms with Crippen molar-refractivity contribution >= 4 is 28.6 Å². The molecule has 1 heterocycles. The molecule has 4 aromatic rings. The zero-order chi connectivity index (χ0) is 24.8. The van der Waals surface area contributed by atoms with Gasteiger partial charge in [0.25, 0.3) is 5.56 Å². The van der Waals surface area contributed by atoms with Gasteiger partial charge in [0.1, 0.15) is 11.6 Å². The number of nitrogens with one attached hydrogen (secondary N) is 1. The number of amides is 1. The first-order valence-electron chi connectivity index (χ1n) is 10.6. The van der Waals surface area contributed by atoms with Crippen LogP contribution in [0.1, 0.15) is 5.56 Å². The third-order valence-corrected chi connectivity index (χ3v) is 5.99. The van der Waals surface area contributed by atoms with Crippen LogP contribution in [0, 0.1) is 5.82 Å². The number of hydrogen-bond acceptors (Lipinski definition) is 5. The van der Waals surface area contributed by atoms with E-state index in [-0.39, 0.29) is 33.9 Å². The van der Waals surface area contributed by atoms with Crippen LogP contribution in [0.25, 0.3) is 16.6 Å². The van der Waals surface area contributed by atoms with Crippen molar-refractivity contribution in [2.24, 2.45) is 0 Å². The SMILES string of the molecule is O=C(CSc1nc2ccccc2c(=O)n1-c1ccc(OC(F)F)cc1)NCCc1ccc(F)cc1. The van der Waals surface area contributed by atoms with E-state index in [0.29, 0.717) is 29.6 Å². The molecular weight excluding hydrogens is 479 g/mol. The summed E-state index contributed by atoms with van der Waals surface area (Å²) in [6.45, 7) is -2.59. The molecule has 180 valence electrons. The van der Waals surface area contributed by atoms with Crippen molar-refractivity contribution in [3.63, 3.8) is 0 Å². The van der Waals surface area contributed by atoms with E-state index in [1.807, 2.05) is 0 Å². The van der Waals surface area contributed by atoms with Gasteiger partial charge in [0, 0.05) is 6.54 Å². The summed E-state index contributed by atoms with van der Waals surface area (Å²) in [6.07, 6.45) is 0.544. The summed E-state index contributed by atoms with van der Waals surface area (Å²) in [5, 5.41) is 3.46. The highest BCUT2D eigenvalue weighted by atomic mass is 32.2. The first kappa shape index (κ1) is 24.3. The Morgan fingerprint density at radius 1 is 1.03 bits per heavy atom. The Hall–Kier alpha value is -3.79. The lowest BCUT2D eigenvalue weighted by Crippen LogP contribution is -2.28. The van der Waals surface area contributed by atoms with Gasteiger partial charge in [-0.15, -0.1) is 0 Å². The van der Waals surface area contributed by atoms with Crippen LogP contribution in [0.3, 0.4) is 0 Å². The van der Waals surface area contributed by atoms with Crippen molar-refractivity contribution in [3.05, 3.63) is 94.5 Å². The molecule has 0 saturated carbocycles. The zero-order valence-electron chi connectivity index (χ0n) is 18.3. The van der Waals surface area contributed by atoms with E-state index in [1.165, 1.54) is 41.0 Å². The Morgan fingerprint density at radius 3 is 2.46 bits per heavy atom. The van der Waals surface area contributed by atoms with Crippen LogP contribution in [0.5, 0.6) is 5.75 Å². The fraction of sp³-hybridized carbons (Fsp3) is 0.160. The van der Waals surface area contributed by atoms with Gasteiger partial charge in [0.15, 0.2) is 5.16 Å². The second kappa shape index (κ2) is 11.1. The quantitative estimate of drug-likeness (QED) is 0.270. The largest absolute Gasteiger partial charge is 0.435 e. The monoisotopic (exact) mass is 499 g/mol. The lowest BCUT2D eigenvalue weighted by Gasteiger charge is -2.14. The molecule has 1 aromatic heterocycles. The molecule has 35 heavy (non-hydrogen) atoms.